The maximum absolute atomic E-state index is 2.69. The highest BCUT2D eigenvalue weighted by Crippen LogP contribution is 1.95. The molecule has 0 amide bonds. The van der Waals surface area contributed by atoms with E-state index in [2.05, 4.69) is 40.6 Å². The van der Waals surface area contributed by atoms with E-state index >= 15 is 0 Å². The number of hydrogen-bond acceptors (Lipinski definition) is 0. The summed E-state index contributed by atoms with van der Waals surface area (Å²) in [6, 6.07) is 10.4. The lowest BCUT2D eigenvalue weighted by molar-refractivity contribution is 1.40. The van der Waals surface area contributed by atoms with E-state index in [1.807, 2.05) is 6.07 Å². The lowest BCUT2D eigenvalue weighted by atomic mass is 10.2. The van der Waals surface area contributed by atoms with Crippen molar-refractivity contribution in [3.05, 3.63) is 35.9 Å². The molecule has 1 aromatic rings. The second kappa shape index (κ2) is 8.31. The third-order valence-electron chi connectivity index (χ3n) is 1.08. The van der Waals surface area contributed by atoms with E-state index in [9.17, 15) is 0 Å². The third-order valence-corrected chi connectivity index (χ3v) is 1.55. The molecule has 0 unspecified atom stereocenters. The second-order valence-corrected chi connectivity index (χ2v) is 2.10. The van der Waals surface area contributed by atoms with Gasteiger partial charge < -0.3 is 0 Å². The Hall–Kier alpha value is 1.21. The van der Waals surface area contributed by atoms with Gasteiger partial charge in [-0.2, -0.15) is 0 Å². The smallest absolute Gasteiger partial charge is 0.107 e. The largest absolute Gasteiger partial charge is 0.125 e. The van der Waals surface area contributed by atoms with Crippen LogP contribution in [0.2, 0.25) is 0 Å². The maximum Gasteiger partial charge on any atom is 0.125 e. The highest BCUT2D eigenvalue weighted by Gasteiger charge is 1.79. The Labute approximate surface area is 104 Å². The SMILES string of the molecule is I.I.[Al][CH2]c1ccccc1. The molecule has 0 saturated carbocycles. The van der Waals surface area contributed by atoms with Crippen molar-refractivity contribution in [2.45, 2.75) is 5.28 Å². The Kier molecular flexibility index (Phi) is 11.5. The van der Waals surface area contributed by atoms with E-state index in [0.717, 1.165) is 5.28 Å². The zero-order valence-electron chi connectivity index (χ0n) is 5.49. The molecule has 0 N–H and O–H groups in total. The Bertz CT molecular complexity index is 153. The van der Waals surface area contributed by atoms with Crippen LogP contribution < -0.4 is 0 Å². The average molecular weight is 374 g/mol. The minimum absolute atomic E-state index is 0. The molecule has 0 fully saturated rings. The summed E-state index contributed by atoms with van der Waals surface area (Å²) >= 11 is 2.69. The summed E-state index contributed by atoms with van der Waals surface area (Å²) in [6.07, 6.45) is 0. The average Bonchev–Trinajstić information content (AvgIpc) is 1.90. The summed E-state index contributed by atoms with van der Waals surface area (Å²) in [6.45, 7) is 0. The Balaban J connectivity index is 0. The van der Waals surface area contributed by atoms with Gasteiger partial charge >= 0.3 is 0 Å². The van der Waals surface area contributed by atoms with E-state index < -0.39 is 0 Å². The van der Waals surface area contributed by atoms with Crippen LogP contribution in [-0.2, 0) is 5.28 Å². The van der Waals surface area contributed by atoms with Crippen LogP contribution in [0.5, 0.6) is 0 Å². The normalized spacial score (nSPS) is 7.20. The van der Waals surface area contributed by atoms with Gasteiger partial charge in [0.05, 0.1) is 0 Å². The van der Waals surface area contributed by atoms with Crippen molar-refractivity contribution in [2.24, 2.45) is 0 Å². The van der Waals surface area contributed by atoms with Gasteiger partial charge in [-0.1, -0.05) is 41.2 Å². The molecule has 0 atom stereocenters. The Morgan fingerprint density at radius 2 is 1.50 bits per heavy atom. The number of hydrogen-bond donors (Lipinski definition) is 0. The summed E-state index contributed by atoms with van der Waals surface area (Å²) in [5.74, 6) is 0. The molecule has 0 aliphatic rings. The molecule has 2 radical (unpaired) electrons. The van der Waals surface area contributed by atoms with Gasteiger partial charge in [0.25, 0.3) is 0 Å². The number of benzene rings is 1. The van der Waals surface area contributed by atoms with E-state index in [-0.39, 0.29) is 48.0 Å². The second-order valence-electron chi connectivity index (χ2n) is 1.69. The number of halogens is 2. The molecule has 0 aromatic heterocycles. The summed E-state index contributed by atoms with van der Waals surface area (Å²) in [5.41, 5.74) is 1.37. The summed E-state index contributed by atoms with van der Waals surface area (Å²) in [5, 5.41) is 1.06. The fourth-order valence-corrected chi connectivity index (χ4v) is 0.886. The van der Waals surface area contributed by atoms with Gasteiger partial charge in [0, 0.05) is 0 Å². The first kappa shape index (κ1) is 13.8. The molecule has 0 bridgehead atoms. The van der Waals surface area contributed by atoms with E-state index in [1.165, 1.54) is 5.56 Å². The predicted octanol–water partition coefficient (Wildman–Crippen LogP) is 2.59. The molecule has 1 rings (SSSR count). The Morgan fingerprint density at radius 1 is 1.00 bits per heavy atom. The molecular weight excluding hydrogens is 365 g/mol. The van der Waals surface area contributed by atoms with Crippen LogP contribution in [0.25, 0.3) is 0 Å². The maximum atomic E-state index is 2.69. The topological polar surface area (TPSA) is 0 Å². The van der Waals surface area contributed by atoms with Crippen LogP contribution in [0.3, 0.4) is 0 Å². The first-order valence-electron chi connectivity index (χ1n) is 2.67. The number of rotatable bonds is 1. The van der Waals surface area contributed by atoms with Gasteiger partial charge in [0.2, 0.25) is 0 Å². The molecule has 0 aliphatic carbocycles. The van der Waals surface area contributed by atoms with Crippen molar-refractivity contribution >= 4 is 64.2 Å². The zero-order valence-corrected chi connectivity index (χ0v) is 11.3. The molecule has 10 heavy (non-hydrogen) atoms. The van der Waals surface area contributed by atoms with Gasteiger partial charge in [0.15, 0.2) is 0 Å². The third kappa shape index (κ3) is 4.94. The minimum atomic E-state index is 0. The highest BCUT2D eigenvalue weighted by atomic mass is 127. The van der Waals surface area contributed by atoms with E-state index in [1.54, 1.807) is 0 Å². The monoisotopic (exact) mass is 374 g/mol. The van der Waals surface area contributed by atoms with Gasteiger partial charge in [-0.05, 0) is 0 Å². The highest BCUT2D eigenvalue weighted by molar-refractivity contribution is 14.0. The van der Waals surface area contributed by atoms with Crippen molar-refractivity contribution in [1.82, 2.24) is 0 Å². The quantitative estimate of drug-likeness (QED) is 0.524. The van der Waals surface area contributed by atoms with E-state index in [0.29, 0.717) is 0 Å². The predicted molar refractivity (Wildman–Crippen MR) is 66.7 cm³/mol. The van der Waals surface area contributed by atoms with Crippen molar-refractivity contribution in [3.63, 3.8) is 0 Å². The van der Waals surface area contributed by atoms with Crippen molar-refractivity contribution in [1.29, 1.82) is 0 Å². The fraction of sp³-hybridized carbons (Fsp3) is 0.143. The van der Waals surface area contributed by atoms with Crippen molar-refractivity contribution in [3.8, 4) is 0 Å². The molecule has 54 valence electrons. The molecule has 0 saturated heterocycles. The van der Waals surface area contributed by atoms with Crippen LogP contribution in [0.4, 0.5) is 0 Å². The van der Waals surface area contributed by atoms with Gasteiger partial charge in [-0.15, -0.1) is 48.0 Å². The Morgan fingerprint density at radius 3 is 1.80 bits per heavy atom. The van der Waals surface area contributed by atoms with Crippen LogP contribution in [0.15, 0.2) is 30.3 Å². The van der Waals surface area contributed by atoms with Crippen molar-refractivity contribution in [2.75, 3.05) is 0 Å². The summed E-state index contributed by atoms with van der Waals surface area (Å²) in [4.78, 5) is 0. The van der Waals surface area contributed by atoms with Crippen LogP contribution in [0, 0.1) is 0 Å². The first-order valence-corrected chi connectivity index (χ1v) is 3.49. The fourth-order valence-electron chi connectivity index (χ4n) is 0.614. The zero-order chi connectivity index (χ0) is 5.82. The van der Waals surface area contributed by atoms with E-state index in [4.69, 9.17) is 0 Å². The molecule has 0 heterocycles. The lowest BCUT2D eigenvalue weighted by Crippen LogP contribution is -1.78. The van der Waals surface area contributed by atoms with Gasteiger partial charge in [-0.3, -0.25) is 0 Å². The molecular formula is C7H9AlI2. The lowest BCUT2D eigenvalue weighted by Gasteiger charge is -1.90. The van der Waals surface area contributed by atoms with Crippen LogP contribution >= 0.6 is 48.0 Å². The summed E-state index contributed by atoms with van der Waals surface area (Å²) in [7, 11) is 0. The standard InChI is InChI=1S/C7H7.Al.2HI/c1-7-5-3-2-4-6-7;;;/h2-6H,1H2;;2*1H. The van der Waals surface area contributed by atoms with Crippen LogP contribution in [0.1, 0.15) is 5.56 Å². The molecule has 1 aromatic carbocycles. The minimum Gasteiger partial charge on any atom is -0.107 e. The molecule has 0 nitrogen and oxygen atoms in total. The summed E-state index contributed by atoms with van der Waals surface area (Å²) < 4.78 is 0. The van der Waals surface area contributed by atoms with Gasteiger partial charge in [0.1, 0.15) is 16.3 Å². The van der Waals surface area contributed by atoms with Crippen molar-refractivity contribution < 1.29 is 0 Å². The first-order chi connectivity index (χ1) is 3.93. The van der Waals surface area contributed by atoms with Gasteiger partial charge in [-0.25, -0.2) is 0 Å². The molecule has 0 aliphatic heterocycles. The molecule has 3 heteroatoms. The van der Waals surface area contributed by atoms with Crippen LogP contribution in [-0.4, -0.2) is 16.3 Å². The molecule has 0 spiro atoms.